The highest BCUT2D eigenvalue weighted by atomic mass is 31.1. The molecule has 0 amide bonds. The number of phenols is 2. The van der Waals surface area contributed by atoms with E-state index in [4.69, 9.17) is 0 Å². The molecule has 27 heavy (non-hydrogen) atoms. The topological polar surface area (TPSA) is 40.5 Å². The van der Waals surface area contributed by atoms with E-state index in [-0.39, 0.29) is 5.16 Å². The normalized spacial score (nSPS) is 13.3. The first-order chi connectivity index (χ1) is 12.2. The van der Waals surface area contributed by atoms with Crippen molar-refractivity contribution >= 4 is 45.1 Å². The molecule has 0 aliphatic rings. The molecular formula is C22H35O2PSi2. The van der Waals surface area contributed by atoms with Crippen LogP contribution in [0.15, 0.2) is 36.4 Å². The summed E-state index contributed by atoms with van der Waals surface area (Å²) in [4.78, 5) is 0. The van der Waals surface area contributed by atoms with E-state index >= 15 is 0 Å². The second-order valence-electron chi connectivity index (χ2n) is 10.4. The Balaban J connectivity index is 2.79. The Hall–Kier alpha value is -1.10. The van der Waals surface area contributed by atoms with Crippen molar-refractivity contribution in [2.75, 3.05) is 0 Å². The van der Waals surface area contributed by atoms with Crippen LogP contribution in [0.3, 0.4) is 0 Å². The summed E-state index contributed by atoms with van der Waals surface area (Å²) < 4.78 is 0. The highest BCUT2D eigenvalue weighted by Crippen LogP contribution is 2.50. The molecular weight excluding hydrogens is 383 g/mol. The number of benzene rings is 2. The summed E-state index contributed by atoms with van der Waals surface area (Å²) in [5.74, 6) is 0.881. The van der Waals surface area contributed by atoms with Crippen LogP contribution in [0.5, 0.6) is 11.5 Å². The van der Waals surface area contributed by atoms with Gasteiger partial charge in [0, 0.05) is 10.6 Å². The van der Waals surface area contributed by atoms with Gasteiger partial charge >= 0.3 is 0 Å². The number of rotatable bonds is 4. The van der Waals surface area contributed by atoms with Crippen LogP contribution in [0.4, 0.5) is 0 Å². The number of para-hydroxylation sites is 2. The predicted octanol–water partition coefficient (Wildman–Crippen LogP) is 4.42. The van der Waals surface area contributed by atoms with Crippen LogP contribution in [0, 0.1) is 0 Å². The first-order valence-corrected chi connectivity index (χ1v) is 17.9. The van der Waals surface area contributed by atoms with E-state index in [1.807, 2.05) is 0 Å². The van der Waals surface area contributed by atoms with Crippen LogP contribution in [-0.4, -0.2) is 31.5 Å². The van der Waals surface area contributed by atoms with Crippen LogP contribution >= 0.6 is 7.92 Å². The zero-order valence-corrected chi connectivity index (χ0v) is 21.2. The molecule has 0 aromatic heterocycles. The average Bonchev–Trinajstić information content (AvgIpc) is 2.47. The van der Waals surface area contributed by atoms with Crippen LogP contribution in [0.1, 0.15) is 20.8 Å². The van der Waals surface area contributed by atoms with E-state index in [1.54, 1.807) is 0 Å². The Morgan fingerprint density at radius 3 is 1.26 bits per heavy atom. The molecule has 0 radical (unpaired) electrons. The highest BCUT2D eigenvalue weighted by molar-refractivity contribution is 7.74. The van der Waals surface area contributed by atoms with Crippen molar-refractivity contribution in [2.24, 2.45) is 0 Å². The van der Waals surface area contributed by atoms with Gasteiger partial charge in [0.2, 0.25) is 0 Å². The summed E-state index contributed by atoms with van der Waals surface area (Å²) >= 11 is 0. The fourth-order valence-electron chi connectivity index (χ4n) is 3.49. The van der Waals surface area contributed by atoms with Gasteiger partial charge in [-0.15, -0.1) is 0 Å². The third-order valence-electron chi connectivity index (χ3n) is 4.80. The number of hydrogen-bond donors (Lipinski definition) is 2. The van der Waals surface area contributed by atoms with E-state index in [0.29, 0.717) is 11.5 Å². The maximum Gasteiger partial charge on any atom is 0.122 e. The second-order valence-corrected chi connectivity index (χ2v) is 23.4. The monoisotopic (exact) mass is 418 g/mol. The average molecular weight is 419 g/mol. The van der Waals surface area contributed by atoms with E-state index in [0.717, 1.165) is 21.0 Å². The second kappa shape index (κ2) is 7.38. The fraction of sp³-hybridized carbons (Fsp3) is 0.455. The lowest BCUT2D eigenvalue weighted by atomic mass is 10.2. The molecule has 2 nitrogen and oxygen atoms in total. The lowest BCUT2D eigenvalue weighted by molar-refractivity contribution is 0.482. The first kappa shape index (κ1) is 22.2. The Morgan fingerprint density at radius 1 is 0.667 bits per heavy atom. The molecule has 148 valence electrons. The van der Waals surface area contributed by atoms with Gasteiger partial charge in [0.25, 0.3) is 0 Å². The molecule has 0 aliphatic carbocycles. The van der Waals surface area contributed by atoms with Crippen molar-refractivity contribution in [2.45, 2.75) is 65.2 Å². The molecule has 0 bridgehead atoms. The summed E-state index contributed by atoms with van der Waals surface area (Å²) in [5, 5.41) is 26.5. The van der Waals surface area contributed by atoms with Gasteiger partial charge in [0.05, 0.1) is 16.1 Å². The van der Waals surface area contributed by atoms with Crippen LogP contribution in [-0.2, 0) is 0 Å². The minimum absolute atomic E-state index is 0.0829. The first-order valence-electron chi connectivity index (χ1n) is 9.61. The standard InChI is InChI=1S/C22H35O2PSi2/c1-22(2,3)25(16-12-10-14-18(20(16)23)26(4,5)6)17-13-11-15-19(21(17)24)27(7,8)9/h10-15,23-24H,1-9H3. The molecule has 0 spiro atoms. The lowest BCUT2D eigenvalue weighted by Gasteiger charge is -2.35. The van der Waals surface area contributed by atoms with Gasteiger partial charge in [0.1, 0.15) is 11.5 Å². The van der Waals surface area contributed by atoms with Gasteiger partial charge in [-0.25, -0.2) is 0 Å². The molecule has 0 saturated heterocycles. The van der Waals surface area contributed by atoms with Gasteiger partial charge in [-0.05, 0) is 23.5 Å². The Labute approximate surface area is 168 Å². The third-order valence-corrected chi connectivity index (χ3v) is 11.9. The molecule has 0 unspecified atom stereocenters. The summed E-state index contributed by atoms with van der Waals surface area (Å²) in [5.41, 5.74) is 0. The largest absolute Gasteiger partial charge is 0.507 e. The zero-order chi connectivity index (χ0) is 20.8. The van der Waals surface area contributed by atoms with Gasteiger partial charge in [-0.3, -0.25) is 0 Å². The predicted molar refractivity (Wildman–Crippen MR) is 128 cm³/mol. The molecule has 2 aromatic rings. The molecule has 2 aromatic carbocycles. The van der Waals surface area contributed by atoms with E-state index in [9.17, 15) is 10.2 Å². The molecule has 0 saturated carbocycles. The molecule has 2 N–H and O–H groups in total. The third kappa shape index (κ3) is 4.67. The van der Waals surface area contributed by atoms with Crippen molar-refractivity contribution in [3.63, 3.8) is 0 Å². The number of aromatic hydroxyl groups is 2. The molecule has 0 heterocycles. The van der Waals surface area contributed by atoms with Gasteiger partial charge in [0.15, 0.2) is 0 Å². The van der Waals surface area contributed by atoms with Crippen LogP contribution < -0.4 is 21.0 Å². The molecule has 5 heteroatoms. The highest BCUT2D eigenvalue weighted by Gasteiger charge is 2.35. The Morgan fingerprint density at radius 2 is 1.00 bits per heavy atom. The van der Waals surface area contributed by atoms with Crippen molar-refractivity contribution in [3.05, 3.63) is 36.4 Å². The van der Waals surface area contributed by atoms with E-state index in [1.165, 1.54) is 0 Å². The smallest absolute Gasteiger partial charge is 0.122 e. The summed E-state index contributed by atoms with van der Waals surface area (Å²) in [7, 11) is -4.25. The maximum absolute atomic E-state index is 11.2. The van der Waals surface area contributed by atoms with Crippen LogP contribution in [0.25, 0.3) is 0 Å². The molecule has 0 fully saturated rings. The van der Waals surface area contributed by atoms with Gasteiger partial charge < -0.3 is 10.2 Å². The minimum Gasteiger partial charge on any atom is -0.507 e. The Bertz CT molecular complexity index is 764. The Kier molecular flexibility index (Phi) is 6.07. The summed E-state index contributed by atoms with van der Waals surface area (Å²) in [6.07, 6.45) is 0. The lowest BCUT2D eigenvalue weighted by Crippen LogP contribution is -2.42. The SMILES string of the molecule is CC(C)(C)P(c1cccc([Si](C)(C)C)c1O)c1cccc([Si](C)(C)C)c1O. The quantitative estimate of drug-likeness (QED) is 0.570. The van der Waals surface area contributed by atoms with Crippen LogP contribution in [0.2, 0.25) is 39.3 Å². The molecule has 0 atom stereocenters. The maximum atomic E-state index is 11.2. The van der Waals surface area contributed by atoms with Gasteiger partial charge in [-0.2, -0.15) is 0 Å². The molecule has 0 aliphatic heterocycles. The van der Waals surface area contributed by atoms with E-state index < -0.39 is 24.1 Å². The number of hydrogen-bond acceptors (Lipinski definition) is 2. The van der Waals surface area contributed by atoms with Crippen molar-refractivity contribution in [1.82, 2.24) is 0 Å². The van der Waals surface area contributed by atoms with Crippen molar-refractivity contribution in [3.8, 4) is 11.5 Å². The molecule has 2 rings (SSSR count). The van der Waals surface area contributed by atoms with Gasteiger partial charge in [-0.1, -0.05) is 96.5 Å². The van der Waals surface area contributed by atoms with Crippen molar-refractivity contribution < 1.29 is 10.2 Å². The summed E-state index contributed by atoms with van der Waals surface area (Å²) in [6.45, 7) is 20.2. The van der Waals surface area contributed by atoms with Crippen molar-refractivity contribution in [1.29, 1.82) is 0 Å². The van der Waals surface area contributed by atoms with E-state index in [2.05, 4.69) is 96.5 Å². The zero-order valence-electron chi connectivity index (χ0n) is 18.3. The fourth-order valence-corrected chi connectivity index (χ4v) is 9.42. The minimum atomic E-state index is -1.66. The summed E-state index contributed by atoms with van der Waals surface area (Å²) in [6, 6.07) is 12.4. The number of phenolic OH excluding ortho intramolecular Hbond substituents is 2.